The third-order valence-corrected chi connectivity index (χ3v) is 4.23. The third kappa shape index (κ3) is 3.72. The molecule has 0 aliphatic carbocycles. The number of aromatic carboxylic acids is 1. The van der Waals surface area contributed by atoms with E-state index in [0.29, 0.717) is 18.1 Å². The van der Waals surface area contributed by atoms with E-state index in [2.05, 4.69) is 25.6 Å². The summed E-state index contributed by atoms with van der Waals surface area (Å²) in [6, 6.07) is 7.47. The molecule has 9 nitrogen and oxygen atoms in total. The predicted molar refractivity (Wildman–Crippen MR) is 97.1 cm³/mol. The van der Waals surface area contributed by atoms with E-state index in [-0.39, 0.29) is 17.9 Å². The van der Waals surface area contributed by atoms with Gasteiger partial charge >= 0.3 is 5.97 Å². The van der Waals surface area contributed by atoms with E-state index in [9.17, 15) is 15.0 Å². The minimum absolute atomic E-state index is 0.00568. The van der Waals surface area contributed by atoms with Crippen LogP contribution < -0.4 is 0 Å². The highest BCUT2D eigenvalue weighted by atomic mass is 16.4. The minimum atomic E-state index is -1.37. The van der Waals surface area contributed by atoms with Gasteiger partial charge in [-0.25, -0.2) is 9.78 Å². The fourth-order valence-corrected chi connectivity index (χ4v) is 3.05. The first-order valence-electron chi connectivity index (χ1n) is 8.70. The molecule has 1 aromatic carbocycles. The van der Waals surface area contributed by atoms with E-state index in [1.165, 1.54) is 13.8 Å². The van der Waals surface area contributed by atoms with Gasteiger partial charge in [0.25, 0.3) is 0 Å². The Hall–Kier alpha value is -3.07. The van der Waals surface area contributed by atoms with Gasteiger partial charge in [-0.2, -0.15) is 5.21 Å². The fourth-order valence-electron chi connectivity index (χ4n) is 3.05. The van der Waals surface area contributed by atoms with E-state index in [4.69, 9.17) is 0 Å². The zero-order valence-electron chi connectivity index (χ0n) is 15.5. The summed E-state index contributed by atoms with van der Waals surface area (Å²) in [5, 5.41) is 34.3. The van der Waals surface area contributed by atoms with E-state index in [1.54, 1.807) is 4.57 Å². The molecule has 0 aliphatic heterocycles. The molecule has 0 fully saturated rings. The van der Waals surface area contributed by atoms with Crippen LogP contribution in [0.5, 0.6) is 0 Å². The number of aromatic amines is 1. The molecular formula is C18H22N6O3. The minimum Gasteiger partial charge on any atom is -0.477 e. The Morgan fingerprint density at radius 1 is 1.30 bits per heavy atom. The molecule has 27 heavy (non-hydrogen) atoms. The Labute approximate surface area is 156 Å². The summed E-state index contributed by atoms with van der Waals surface area (Å²) >= 11 is 0. The average Bonchev–Trinajstić information content (AvgIpc) is 3.24. The maximum absolute atomic E-state index is 12.0. The first-order valence-corrected chi connectivity index (χ1v) is 8.70. The number of hydrogen-bond donors (Lipinski definition) is 3. The summed E-state index contributed by atoms with van der Waals surface area (Å²) in [5.41, 5.74) is 0.376. The average molecular weight is 370 g/mol. The van der Waals surface area contributed by atoms with Crippen LogP contribution in [0.25, 0.3) is 11.4 Å². The highest BCUT2D eigenvalue weighted by Crippen LogP contribution is 2.28. The molecule has 0 radical (unpaired) electrons. The van der Waals surface area contributed by atoms with Gasteiger partial charge < -0.3 is 14.8 Å². The number of aliphatic hydroxyl groups is 1. The number of carboxylic acid groups (broad SMARTS) is 1. The van der Waals surface area contributed by atoms with Crippen LogP contribution in [0.4, 0.5) is 0 Å². The first-order chi connectivity index (χ1) is 12.8. The quantitative estimate of drug-likeness (QED) is 0.580. The van der Waals surface area contributed by atoms with Crippen molar-refractivity contribution in [3.05, 3.63) is 47.0 Å². The number of nitrogens with one attached hydrogen (secondary N) is 1. The Bertz CT molecular complexity index is 941. The van der Waals surface area contributed by atoms with Crippen molar-refractivity contribution in [2.24, 2.45) is 0 Å². The molecule has 0 amide bonds. The summed E-state index contributed by atoms with van der Waals surface area (Å²) in [6.45, 7) is 5.34. The van der Waals surface area contributed by atoms with Gasteiger partial charge in [0.05, 0.1) is 6.54 Å². The van der Waals surface area contributed by atoms with Crippen LogP contribution in [0.3, 0.4) is 0 Å². The summed E-state index contributed by atoms with van der Waals surface area (Å²) in [5.74, 6) is -0.0729. The van der Waals surface area contributed by atoms with Gasteiger partial charge in [0, 0.05) is 12.0 Å². The molecule has 142 valence electrons. The van der Waals surface area contributed by atoms with E-state index in [1.807, 2.05) is 31.2 Å². The molecule has 0 aliphatic rings. The molecule has 3 N–H and O–H groups in total. The van der Waals surface area contributed by atoms with Crippen molar-refractivity contribution >= 4 is 5.97 Å². The molecule has 0 saturated heterocycles. The monoisotopic (exact) mass is 370 g/mol. The highest BCUT2D eigenvalue weighted by molar-refractivity contribution is 5.87. The molecule has 0 bridgehead atoms. The fraction of sp³-hybridized carbons (Fsp3) is 0.389. The Morgan fingerprint density at radius 2 is 2.04 bits per heavy atom. The number of hydrogen-bond acceptors (Lipinski definition) is 6. The number of tetrazole rings is 1. The summed E-state index contributed by atoms with van der Waals surface area (Å²) in [4.78, 5) is 16.5. The Morgan fingerprint density at radius 3 is 2.63 bits per heavy atom. The molecular weight excluding hydrogens is 348 g/mol. The lowest BCUT2D eigenvalue weighted by Crippen LogP contribution is -2.22. The van der Waals surface area contributed by atoms with Crippen molar-refractivity contribution < 1.29 is 15.0 Å². The number of rotatable bonds is 7. The summed E-state index contributed by atoms with van der Waals surface area (Å²) < 4.78 is 1.65. The van der Waals surface area contributed by atoms with Crippen LogP contribution in [0.15, 0.2) is 24.3 Å². The number of carbonyl (C=O) groups is 1. The second kappa shape index (κ2) is 7.28. The predicted octanol–water partition coefficient (Wildman–Crippen LogP) is 1.99. The lowest BCUT2D eigenvalue weighted by atomic mass is 10.0. The number of H-pyrrole nitrogens is 1. The number of carboxylic acids is 1. The summed E-state index contributed by atoms with van der Waals surface area (Å²) in [7, 11) is 0. The lowest BCUT2D eigenvalue weighted by molar-refractivity contribution is 0.0602. The molecule has 9 heteroatoms. The van der Waals surface area contributed by atoms with Crippen molar-refractivity contribution in [2.45, 2.75) is 45.8 Å². The van der Waals surface area contributed by atoms with E-state index in [0.717, 1.165) is 17.5 Å². The van der Waals surface area contributed by atoms with Crippen molar-refractivity contribution in [1.82, 2.24) is 30.2 Å². The molecule has 2 heterocycles. The van der Waals surface area contributed by atoms with Gasteiger partial charge in [0.2, 0.25) is 5.82 Å². The number of benzene rings is 1. The first kappa shape index (κ1) is 18.7. The van der Waals surface area contributed by atoms with E-state index < -0.39 is 11.6 Å². The molecule has 0 atom stereocenters. The molecule has 3 aromatic rings. The number of aromatic nitrogens is 6. The SMILES string of the molecule is CCCc1nc(C(C)(C)O)c(C(=O)O)n1Cc1ccccc1-c1nn[nH]n1. The molecule has 0 unspecified atom stereocenters. The van der Waals surface area contributed by atoms with Crippen LogP contribution in [-0.2, 0) is 18.6 Å². The smallest absolute Gasteiger partial charge is 0.354 e. The third-order valence-electron chi connectivity index (χ3n) is 4.23. The van der Waals surface area contributed by atoms with Crippen LogP contribution in [0.1, 0.15) is 54.8 Å². The topological polar surface area (TPSA) is 130 Å². The van der Waals surface area contributed by atoms with Crippen molar-refractivity contribution in [2.75, 3.05) is 0 Å². The molecule has 3 rings (SSSR count). The van der Waals surface area contributed by atoms with Crippen LogP contribution in [-0.4, -0.2) is 46.4 Å². The molecule has 0 saturated carbocycles. The molecule has 0 spiro atoms. The Balaban J connectivity index is 2.15. The van der Waals surface area contributed by atoms with Crippen LogP contribution in [0, 0.1) is 0 Å². The van der Waals surface area contributed by atoms with Crippen LogP contribution >= 0.6 is 0 Å². The normalized spacial score (nSPS) is 11.7. The Kier molecular flexibility index (Phi) is 5.04. The highest BCUT2D eigenvalue weighted by Gasteiger charge is 2.31. The number of nitrogens with zero attached hydrogens (tertiary/aromatic N) is 5. The van der Waals surface area contributed by atoms with Gasteiger partial charge in [-0.15, -0.1) is 10.2 Å². The van der Waals surface area contributed by atoms with Crippen LogP contribution in [0.2, 0.25) is 0 Å². The lowest BCUT2D eigenvalue weighted by Gasteiger charge is -2.16. The van der Waals surface area contributed by atoms with Gasteiger partial charge in [0.1, 0.15) is 17.1 Å². The van der Waals surface area contributed by atoms with E-state index >= 15 is 0 Å². The van der Waals surface area contributed by atoms with Gasteiger partial charge in [-0.3, -0.25) is 0 Å². The summed E-state index contributed by atoms with van der Waals surface area (Å²) in [6.07, 6.45) is 1.40. The van der Waals surface area contributed by atoms with Crippen molar-refractivity contribution in [1.29, 1.82) is 0 Å². The number of aryl methyl sites for hydroxylation is 1. The van der Waals surface area contributed by atoms with Crippen molar-refractivity contribution in [3.8, 4) is 11.4 Å². The van der Waals surface area contributed by atoms with Gasteiger partial charge in [-0.05, 0) is 31.0 Å². The molecule has 2 aromatic heterocycles. The second-order valence-electron chi connectivity index (χ2n) is 6.82. The maximum Gasteiger partial charge on any atom is 0.354 e. The van der Waals surface area contributed by atoms with Gasteiger partial charge in [-0.1, -0.05) is 31.2 Å². The standard InChI is InChI=1S/C18H22N6O3/c1-4-7-13-19-15(18(2,3)27)14(17(25)26)24(13)10-11-8-5-6-9-12(11)16-20-22-23-21-16/h5-6,8-9,27H,4,7,10H2,1-3H3,(H,25,26)(H,20,21,22,23). The maximum atomic E-state index is 12.0. The van der Waals surface area contributed by atoms with Gasteiger partial charge in [0.15, 0.2) is 5.69 Å². The number of imidazole rings is 1. The second-order valence-corrected chi connectivity index (χ2v) is 6.82. The van der Waals surface area contributed by atoms with Crippen molar-refractivity contribution in [3.63, 3.8) is 0 Å². The zero-order valence-corrected chi connectivity index (χ0v) is 15.5. The largest absolute Gasteiger partial charge is 0.477 e. The zero-order chi connectivity index (χ0) is 19.6.